The summed E-state index contributed by atoms with van der Waals surface area (Å²) in [7, 11) is 3.29. The van der Waals surface area contributed by atoms with Gasteiger partial charge in [-0.15, -0.1) is 0 Å². The summed E-state index contributed by atoms with van der Waals surface area (Å²) in [4.78, 5) is 12.3. The molecule has 1 aromatic carbocycles. The maximum atomic E-state index is 13.3. The van der Waals surface area contributed by atoms with Crippen LogP contribution in [0.2, 0.25) is 0 Å². The predicted molar refractivity (Wildman–Crippen MR) is 63.1 cm³/mol. The molecule has 0 amide bonds. The lowest BCUT2D eigenvalue weighted by Gasteiger charge is -2.16. The molecule has 2 rings (SSSR count). The third kappa shape index (κ3) is 2.40. The summed E-state index contributed by atoms with van der Waals surface area (Å²) in [5.74, 6) is -3.25. The lowest BCUT2D eigenvalue weighted by Crippen LogP contribution is -2.10. The van der Waals surface area contributed by atoms with Crippen LogP contribution in [0.5, 0.6) is 0 Å². The van der Waals surface area contributed by atoms with Crippen molar-refractivity contribution in [3.8, 4) is 11.3 Å². The second-order valence-electron chi connectivity index (χ2n) is 4.06. The smallest absolute Gasteiger partial charge is 0.358 e. The van der Waals surface area contributed by atoms with Crippen molar-refractivity contribution in [1.29, 1.82) is 0 Å². The summed E-state index contributed by atoms with van der Waals surface area (Å²) in [5.41, 5.74) is 0.278. The van der Waals surface area contributed by atoms with Crippen LogP contribution in [-0.4, -0.2) is 30.3 Å². The van der Waals surface area contributed by atoms with Gasteiger partial charge in [0.2, 0.25) is 0 Å². The maximum Gasteiger partial charge on any atom is 0.358 e. The number of aromatic nitrogens is 1. The molecule has 0 atom stereocenters. The first-order chi connectivity index (χ1) is 8.90. The van der Waals surface area contributed by atoms with E-state index in [4.69, 9.17) is 9.63 Å². The number of aromatic carboxylic acids is 1. The lowest BCUT2D eigenvalue weighted by atomic mass is 10.1. The number of rotatable bonds is 3. The average molecular weight is 268 g/mol. The molecule has 0 aliphatic carbocycles. The van der Waals surface area contributed by atoms with Gasteiger partial charge in [0.1, 0.15) is 0 Å². The van der Waals surface area contributed by atoms with Crippen LogP contribution in [0.3, 0.4) is 0 Å². The van der Waals surface area contributed by atoms with Gasteiger partial charge >= 0.3 is 5.97 Å². The van der Waals surface area contributed by atoms with Crippen molar-refractivity contribution in [2.75, 3.05) is 19.0 Å². The Morgan fingerprint density at radius 2 is 1.89 bits per heavy atom. The van der Waals surface area contributed by atoms with Crippen LogP contribution >= 0.6 is 0 Å². The van der Waals surface area contributed by atoms with E-state index in [1.807, 2.05) is 0 Å². The van der Waals surface area contributed by atoms with E-state index in [-0.39, 0.29) is 17.0 Å². The van der Waals surface area contributed by atoms with E-state index in [0.717, 1.165) is 18.2 Å². The highest BCUT2D eigenvalue weighted by Gasteiger charge is 2.18. The molecule has 0 spiro atoms. The average Bonchev–Trinajstić information content (AvgIpc) is 2.81. The Bertz CT molecular complexity index is 638. The molecule has 0 aliphatic heterocycles. The predicted octanol–water partition coefficient (Wildman–Crippen LogP) is 2.38. The van der Waals surface area contributed by atoms with Gasteiger partial charge in [-0.05, 0) is 6.07 Å². The minimum absolute atomic E-state index is 0.0556. The van der Waals surface area contributed by atoms with Gasteiger partial charge in [0.15, 0.2) is 23.1 Å². The largest absolute Gasteiger partial charge is 0.476 e. The number of anilines is 1. The number of carboxylic acid groups (broad SMARTS) is 1. The molecule has 0 radical (unpaired) electrons. The van der Waals surface area contributed by atoms with Crippen LogP contribution in [0.25, 0.3) is 11.3 Å². The molecule has 5 nitrogen and oxygen atoms in total. The summed E-state index contributed by atoms with van der Waals surface area (Å²) < 4.78 is 31.4. The van der Waals surface area contributed by atoms with E-state index < -0.39 is 17.6 Å². The van der Waals surface area contributed by atoms with Crippen LogP contribution in [0.15, 0.2) is 22.7 Å². The quantitative estimate of drug-likeness (QED) is 0.925. The van der Waals surface area contributed by atoms with Crippen LogP contribution in [-0.2, 0) is 0 Å². The molecule has 0 saturated carbocycles. The second kappa shape index (κ2) is 4.68. The van der Waals surface area contributed by atoms with Gasteiger partial charge in [0.25, 0.3) is 0 Å². The van der Waals surface area contributed by atoms with Crippen molar-refractivity contribution in [2.45, 2.75) is 0 Å². The molecular weight excluding hydrogens is 258 g/mol. The first kappa shape index (κ1) is 13.0. The molecule has 19 heavy (non-hydrogen) atoms. The molecule has 0 unspecified atom stereocenters. The standard InChI is InChI=1S/C12H10F2N2O3/c1-16(2)10-4-8(14)7(13)3-6(10)11-5-9(12(17)18)15-19-11/h3-5H,1-2H3,(H,17,18). The summed E-state index contributed by atoms with van der Waals surface area (Å²) in [6, 6.07) is 3.10. The summed E-state index contributed by atoms with van der Waals surface area (Å²) >= 11 is 0. The third-order valence-electron chi connectivity index (χ3n) is 2.52. The molecule has 100 valence electrons. The topological polar surface area (TPSA) is 66.6 Å². The van der Waals surface area contributed by atoms with E-state index in [9.17, 15) is 13.6 Å². The van der Waals surface area contributed by atoms with Gasteiger partial charge < -0.3 is 14.5 Å². The molecule has 1 aromatic heterocycles. The molecule has 1 heterocycles. The lowest BCUT2D eigenvalue weighted by molar-refractivity contribution is 0.0686. The minimum atomic E-state index is -1.26. The molecule has 7 heteroatoms. The molecule has 0 saturated heterocycles. The van der Waals surface area contributed by atoms with Crippen LogP contribution < -0.4 is 4.90 Å². The Labute approximate surface area is 107 Å². The molecule has 1 N–H and O–H groups in total. The Morgan fingerprint density at radius 3 is 2.42 bits per heavy atom. The fourth-order valence-corrected chi connectivity index (χ4v) is 1.61. The molecule has 0 bridgehead atoms. The Kier molecular flexibility index (Phi) is 3.20. The number of nitrogens with zero attached hydrogens (tertiary/aromatic N) is 2. The molecule has 0 fully saturated rings. The monoisotopic (exact) mass is 268 g/mol. The van der Waals surface area contributed by atoms with Gasteiger partial charge in [-0.25, -0.2) is 13.6 Å². The summed E-state index contributed by atoms with van der Waals surface area (Å²) in [6.07, 6.45) is 0. The number of benzene rings is 1. The van der Waals surface area contributed by atoms with E-state index in [0.29, 0.717) is 5.69 Å². The van der Waals surface area contributed by atoms with E-state index >= 15 is 0 Å². The van der Waals surface area contributed by atoms with Crippen LogP contribution in [0.1, 0.15) is 10.5 Å². The first-order valence-corrected chi connectivity index (χ1v) is 5.27. The van der Waals surface area contributed by atoms with Gasteiger partial charge in [0, 0.05) is 31.8 Å². The summed E-state index contributed by atoms with van der Waals surface area (Å²) in [6.45, 7) is 0. The number of carbonyl (C=O) groups is 1. The van der Waals surface area contributed by atoms with Gasteiger partial charge in [-0.1, -0.05) is 5.16 Å². The van der Waals surface area contributed by atoms with Gasteiger partial charge in [-0.3, -0.25) is 0 Å². The Morgan fingerprint density at radius 1 is 1.26 bits per heavy atom. The van der Waals surface area contributed by atoms with Crippen molar-refractivity contribution >= 4 is 11.7 Å². The van der Waals surface area contributed by atoms with Gasteiger partial charge in [-0.2, -0.15) is 0 Å². The Balaban J connectivity index is 2.59. The number of hydrogen-bond acceptors (Lipinski definition) is 4. The fraction of sp³-hybridized carbons (Fsp3) is 0.167. The SMILES string of the molecule is CN(C)c1cc(F)c(F)cc1-c1cc(C(=O)O)no1. The second-order valence-corrected chi connectivity index (χ2v) is 4.06. The molecule has 0 aliphatic rings. The van der Waals surface area contributed by atoms with Crippen molar-refractivity contribution in [2.24, 2.45) is 0 Å². The maximum absolute atomic E-state index is 13.3. The zero-order valence-electron chi connectivity index (χ0n) is 10.1. The van der Waals surface area contributed by atoms with Crippen molar-refractivity contribution < 1.29 is 23.2 Å². The zero-order chi connectivity index (χ0) is 14.2. The molecule has 2 aromatic rings. The fourth-order valence-electron chi connectivity index (χ4n) is 1.61. The highest BCUT2D eigenvalue weighted by atomic mass is 19.2. The van der Waals surface area contributed by atoms with E-state index in [1.54, 1.807) is 19.0 Å². The van der Waals surface area contributed by atoms with Crippen LogP contribution in [0.4, 0.5) is 14.5 Å². The third-order valence-corrected chi connectivity index (χ3v) is 2.52. The van der Waals surface area contributed by atoms with Crippen molar-refractivity contribution in [1.82, 2.24) is 5.16 Å². The van der Waals surface area contributed by atoms with E-state index in [1.165, 1.54) is 0 Å². The van der Waals surface area contributed by atoms with Crippen LogP contribution in [0, 0.1) is 11.6 Å². The highest BCUT2D eigenvalue weighted by molar-refractivity contribution is 5.87. The number of halogens is 2. The minimum Gasteiger partial charge on any atom is -0.476 e. The van der Waals surface area contributed by atoms with Gasteiger partial charge in [0.05, 0.1) is 5.69 Å². The van der Waals surface area contributed by atoms with Crippen molar-refractivity contribution in [3.05, 3.63) is 35.5 Å². The highest BCUT2D eigenvalue weighted by Crippen LogP contribution is 2.32. The summed E-state index contributed by atoms with van der Waals surface area (Å²) in [5, 5.41) is 12.1. The number of hydrogen-bond donors (Lipinski definition) is 1. The molecular formula is C12H10F2N2O3. The number of carboxylic acids is 1. The van der Waals surface area contributed by atoms with Crippen molar-refractivity contribution in [3.63, 3.8) is 0 Å². The first-order valence-electron chi connectivity index (χ1n) is 5.27. The Hall–Kier alpha value is -2.44. The van der Waals surface area contributed by atoms with E-state index in [2.05, 4.69) is 5.16 Å². The zero-order valence-corrected chi connectivity index (χ0v) is 10.1. The normalized spacial score (nSPS) is 10.5.